The Morgan fingerprint density at radius 1 is 1.23 bits per heavy atom. The van der Waals surface area contributed by atoms with Gasteiger partial charge in [-0.25, -0.2) is 0 Å². The molecule has 0 radical (unpaired) electrons. The number of unbranched alkanes of at least 4 members (excludes halogenated alkanes) is 3. The summed E-state index contributed by atoms with van der Waals surface area (Å²) < 4.78 is 1.09. The average molecular weight is 410 g/mol. The van der Waals surface area contributed by atoms with Crippen molar-refractivity contribution in [1.82, 2.24) is 5.32 Å². The van der Waals surface area contributed by atoms with Gasteiger partial charge in [-0.05, 0) is 43.7 Å². The topological polar surface area (TPSA) is 55.1 Å². The number of hydrogen-bond acceptors (Lipinski definition) is 3. The van der Waals surface area contributed by atoms with Crippen LogP contribution >= 0.6 is 40.1 Å². The molecule has 0 aromatic heterocycles. The zero-order valence-corrected chi connectivity index (χ0v) is 16.2. The molecule has 126 valence electrons. The molecule has 3 nitrogen and oxygen atoms in total. The van der Waals surface area contributed by atoms with Crippen molar-refractivity contribution in [3.8, 4) is 0 Å². The van der Waals surface area contributed by atoms with Gasteiger partial charge in [0.2, 0.25) is 5.91 Å². The van der Waals surface area contributed by atoms with Crippen molar-refractivity contribution in [2.24, 2.45) is 5.73 Å². The lowest BCUT2D eigenvalue weighted by Crippen LogP contribution is -2.29. The van der Waals surface area contributed by atoms with E-state index in [1.165, 1.54) is 4.90 Å². The minimum Gasteiger partial charge on any atom is -0.355 e. The van der Waals surface area contributed by atoms with E-state index >= 15 is 0 Å². The van der Waals surface area contributed by atoms with Crippen molar-refractivity contribution in [3.63, 3.8) is 0 Å². The van der Waals surface area contributed by atoms with Crippen LogP contribution < -0.4 is 11.1 Å². The standard InChI is InChI=1S/C16H25BrN2OS.ClH/c1-13(21-15-9-7-14(17)8-10-15)12-19-16(20)6-4-2-3-5-11-18;/h7-10,13H,2-6,11-12,18H2,1H3,(H,19,20);1H. The molecule has 0 bridgehead atoms. The molecule has 0 saturated carbocycles. The molecule has 1 atom stereocenters. The average Bonchev–Trinajstić information content (AvgIpc) is 2.47. The summed E-state index contributed by atoms with van der Waals surface area (Å²) in [5, 5.41) is 3.38. The molecule has 0 spiro atoms. The predicted octanol–water partition coefficient (Wildman–Crippen LogP) is 4.38. The summed E-state index contributed by atoms with van der Waals surface area (Å²) in [6.07, 6.45) is 4.86. The van der Waals surface area contributed by atoms with Crippen molar-refractivity contribution in [3.05, 3.63) is 28.7 Å². The maximum absolute atomic E-state index is 11.7. The summed E-state index contributed by atoms with van der Waals surface area (Å²) in [6.45, 7) is 3.59. The van der Waals surface area contributed by atoms with Gasteiger partial charge in [0.15, 0.2) is 0 Å². The molecule has 0 fully saturated rings. The lowest BCUT2D eigenvalue weighted by Gasteiger charge is -2.12. The molecule has 0 aliphatic rings. The summed E-state index contributed by atoms with van der Waals surface area (Å²) in [5.74, 6) is 0.158. The lowest BCUT2D eigenvalue weighted by atomic mass is 10.1. The minimum atomic E-state index is 0. The van der Waals surface area contributed by atoms with Crippen LogP contribution in [0.1, 0.15) is 39.0 Å². The van der Waals surface area contributed by atoms with Gasteiger partial charge in [0.05, 0.1) is 0 Å². The highest BCUT2D eigenvalue weighted by Crippen LogP contribution is 2.24. The van der Waals surface area contributed by atoms with Gasteiger partial charge < -0.3 is 11.1 Å². The number of thioether (sulfide) groups is 1. The largest absolute Gasteiger partial charge is 0.355 e. The van der Waals surface area contributed by atoms with Gasteiger partial charge in [-0.1, -0.05) is 35.7 Å². The van der Waals surface area contributed by atoms with Crippen molar-refractivity contribution in [2.45, 2.75) is 49.2 Å². The second kappa shape index (κ2) is 13.2. The first kappa shape index (κ1) is 21.8. The monoisotopic (exact) mass is 408 g/mol. The fraction of sp³-hybridized carbons (Fsp3) is 0.562. The highest BCUT2D eigenvalue weighted by Gasteiger charge is 2.07. The number of benzene rings is 1. The van der Waals surface area contributed by atoms with E-state index in [1.54, 1.807) is 11.8 Å². The van der Waals surface area contributed by atoms with E-state index < -0.39 is 0 Å². The highest BCUT2D eigenvalue weighted by molar-refractivity contribution is 9.10. The normalized spacial score (nSPS) is 11.6. The van der Waals surface area contributed by atoms with Crippen LogP contribution in [0.25, 0.3) is 0 Å². The third-order valence-electron chi connectivity index (χ3n) is 3.10. The quantitative estimate of drug-likeness (QED) is 0.445. The molecule has 0 aliphatic carbocycles. The Morgan fingerprint density at radius 2 is 1.86 bits per heavy atom. The van der Waals surface area contributed by atoms with Crippen molar-refractivity contribution >= 4 is 46.0 Å². The first-order chi connectivity index (χ1) is 10.1. The van der Waals surface area contributed by atoms with Gasteiger partial charge in [-0.3, -0.25) is 4.79 Å². The number of carbonyl (C=O) groups is 1. The molecule has 1 unspecified atom stereocenters. The Labute approximate surface area is 152 Å². The Morgan fingerprint density at radius 3 is 2.50 bits per heavy atom. The Balaban J connectivity index is 0.00000441. The second-order valence-electron chi connectivity index (χ2n) is 5.14. The lowest BCUT2D eigenvalue weighted by molar-refractivity contribution is -0.121. The number of rotatable bonds is 10. The van der Waals surface area contributed by atoms with Crippen molar-refractivity contribution in [1.29, 1.82) is 0 Å². The molecule has 0 saturated heterocycles. The maximum atomic E-state index is 11.7. The predicted molar refractivity (Wildman–Crippen MR) is 102 cm³/mol. The number of hydrogen-bond donors (Lipinski definition) is 2. The number of nitrogens with two attached hydrogens (primary N) is 1. The van der Waals surface area contributed by atoms with Gasteiger partial charge in [-0.15, -0.1) is 24.2 Å². The Bertz CT molecular complexity index is 417. The first-order valence-corrected chi connectivity index (χ1v) is 9.18. The van der Waals surface area contributed by atoms with Gasteiger partial charge in [0, 0.05) is 27.6 Å². The van der Waals surface area contributed by atoms with E-state index in [0.29, 0.717) is 18.2 Å². The van der Waals surface area contributed by atoms with E-state index in [-0.39, 0.29) is 18.3 Å². The summed E-state index contributed by atoms with van der Waals surface area (Å²) in [5.41, 5.74) is 5.44. The molecule has 1 aromatic rings. The fourth-order valence-corrected chi connectivity index (χ4v) is 3.11. The van der Waals surface area contributed by atoms with E-state index in [1.807, 2.05) is 12.1 Å². The van der Waals surface area contributed by atoms with Crippen molar-refractivity contribution < 1.29 is 4.79 Å². The van der Waals surface area contributed by atoms with Gasteiger partial charge in [-0.2, -0.15) is 0 Å². The third kappa shape index (κ3) is 10.5. The molecule has 1 aromatic carbocycles. The third-order valence-corrected chi connectivity index (χ3v) is 4.74. The van der Waals surface area contributed by atoms with Crippen LogP contribution in [0.4, 0.5) is 0 Å². The van der Waals surface area contributed by atoms with E-state index in [2.05, 4.69) is 40.3 Å². The van der Waals surface area contributed by atoms with Crippen LogP contribution in [0, 0.1) is 0 Å². The second-order valence-corrected chi connectivity index (χ2v) is 7.57. The molecular formula is C16H26BrClN2OS. The summed E-state index contributed by atoms with van der Waals surface area (Å²) in [7, 11) is 0. The summed E-state index contributed by atoms with van der Waals surface area (Å²) in [6, 6.07) is 8.25. The fourth-order valence-electron chi connectivity index (χ4n) is 1.92. The van der Waals surface area contributed by atoms with Crippen LogP contribution in [0.5, 0.6) is 0 Å². The molecule has 1 rings (SSSR count). The molecule has 1 amide bonds. The maximum Gasteiger partial charge on any atom is 0.220 e. The van der Waals surface area contributed by atoms with Crippen LogP contribution in [-0.2, 0) is 4.79 Å². The minimum absolute atomic E-state index is 0. The summed E-state index contributed by atoms with van der Waals surface area (Å²) >= 11 is 5.21. The van der Waals surface area contributed by atoms with Crippen LogP contribution in [0.15, 0.2) is 33.6 Å². The number of nitrogens with one attached hydrogen (secondary N) is 1. The molecule has 6 heteroatoms. The van der Waals surface area contributed by atoms with Gasteiger partial charge in [0.1, 0.15) is 0 Å². The van der Waals surface area contributed by atoms with Crippen molar-refractivity contribution in [2.75, 3.05) is 13.1 Å². The Hall–Kier alpha value is -0.230. The molecular weight excluding hydrogens is 384 g/mol. The Kier molecular flexibility index (Phi) is 13.1. The van der Waals surface area contributed by atoms with E-state index in [9.17, 15) is 4.79 Å². The zero-order valence-electron chi connectivity index (χ0n) is 13.0. The summed E-state index contributed by atoms with van der Waals surface area (Å²) in [4.78, 5) is 12.9. The molecule has 3 N–H and O–H groups in total. The number of carbonyl (C=O) groups excluding carboxylic acids is 1. The molecule has 0 heterocycles. The van der Waals surface area contributed by atoms with Gasteiger partial charge >= 0.3 is 0 Å². The van der Waals surface area contributed by atoms with Crippen LogP contribution in [0.2, 0.25) is 0 Å². The first-order valence-electron chi connectivity index (χ1n) is 7.51. The molecule has 0 aliphatic heterocycles. The van der Waals surface area contributed by atoms with E-state index in [4.69, 9.17) is 5.73 Å². The number of amides is 1. The van der Waals surface area contributed by atoms with Crippen LogP contribution in [-0.4, -0.2) is 24.2 Å². The highest BCUT2D eigenvalue weighted by atomic mass is 79.9. The van der Waals surface area contributed by atoms with E-state index in [0.717, 1.165) is 36.7 Å². The zero-order chi connectivity index (χ0) is 15.5. The smallest absolute Gasteiger partial charge is 0.220 e. The molecule has 22 heavy (non-hydrogen) atoms. The van der Waals surface area contributed by atoms with Gasteiger partial charge in [0.25, 0.3) is 0 Å². The SMILES string of the molecule is CC(CNC(=O)CCCCCCN)Sc1ccc(Br)cc1.Cl. The van der Waals surface area contributed by atoms with Crippen LogP contribution in [0.3, 0.4) is 0 Å². The number of halogens is 2.